The van der Waals surface area contributed by atoms with Gasteiger partial charge in [-0.2, -0.15) is 5.10 Å². The average molecular weight is 302 g/mol. The van der Waals surface area contributed by atoms with Crippen LogP contribution in [0.15, 0.2) is 16.2 Å². The molecule has 3 N–H and O–H groups in total. The minimum Gasteiger partial charge on any atom is -0.396 e. The molecule has 3 aliphatic rings. The number of nitrogens with zero attached hydrogens (tertiary/aromatic N) is 5. The van der Waals surface area contributed by atoms with Crippen molar-refractivity contribution in [3.05, 3.63) is 11.7 Å². The van der Waals surface area contributed by atoms with Gasteiger partial charge in [0, 0.05) is 38.5 Å². The number of hydrogen-bond donors (Lipinski definition) is 2. The average Bonchev–Trinajstić information content (AvgIpc) is 3.11. The smallest absolute Gasteiger partial charge is 0.159 e. The molecule has 118 valence electrons. The zero-order valence-corrected chi connectivity index (χ0v) is 13.0. The van der Waals surface area contributed by atoms with Crippen molar-refractivity contribution in [1.29, 1.82) is 0 Å². The number of fused-ring (bicyclic) bond motifs is 1. The number of nitrogens with two attached hydrogens (primary N) is 1. The monoisotopic (exact) mass is 302 g/mol. The Kier molecular flexibility index (Phi) is 3.74. The Morgan fingerprint density at radius 2 is 2.27 bits per heavy atom. The van der Waals surface area contributed by atoms with E-state index >= 15 is 0 Å². The van der Waals surface area contributed by atoms with Crippen molar-refractivity contribution >= 4 is 18.4 Å². The quantitative estimate of drug-likeness (QED) is 0.831. The largest absolute Gasteiger partial charge is 0.396 e. The summed E-state index contributed by atoms with van der Waals surface area (Å²) < 4.78 is 3.79. The summed E-state index contributed by atoms with van der Waals surface area (Å²) in [6, 6.07) is 0.325. The summed E-state index contributed by atoms with van der Waals surface area (Å²) in [5.74, 6) is 1.49. The number of nitrogen functional groups attached to an aromatic ring is 1. The molecule has 0 bridgehead atoms. The van der Waals surface area contributed by atoms with Crippen molar-refractivity contribution in [2.24, 2.45) is 23.0 Å². The summed E-state index contributed by atoms with van der Waals surface area (Å²) in [4.78, 5) is 8.56. The van der Waals surface area contributed by atoms with Gasteiger partial charge in [0.15, 0.2) is 11.6 Å². The number of aliphatic hydroxyl groups is 1. The Balaban J connectivity index is 2.23. The first-order chi connectivity index (χ1) is 10.6. The van der Waals surface area contributed by atoms with E-state index in [0.29, 0.717) is 23.6 Å². The lowest BCUT2D eigenvalue weighted by molar-refractivity contribution is 0.226. The minimum atomic E-state index is 0.244. The number of hydrogen-bond acceptors (Lipinski definition) is 5. The molecule has 1 fully saturated rings. The molecule has 0 unspecified atom stereocenters. The lowest BCUT2D eigenvalue weighted by Crippen LogP contribution is -2.21. The molecular formula is C15H22N6O. The van der Waals surface area contributed by atoms with Crippen LogP contribution in [-0.4, -0.2) is 39.8 Å². The second kappa shape index (κ2) is 5.57. The van der Waals surface area contributed by atoms with Gasteiger partial charge >= 0.3 is 0 Å². The Bertz CT molecular complexity index is 743. The first kappa shape index (κ1) is 14.8. The van der Waals surface area contributed by atoms with Crippen LogP contribution in [0.25, 0.3) is 11.1 Å². The Morgan fingerprint density at radius 1 is 1.50 bits per heavy atom. The molecule has 7 nitrogen and oxygen atoms in total. The number of anilines is 1. The third-order valence-electron chi connectivity index (χ3n) is 4.60. The van der Waals surface area contributed by atoms with Crippen LogP contribution in [0.1, 0.15) is 25.3 Å². The molecule has 0 aromatic rings. The topological polar surface area (TPSA) is 93.7 Å². The van der Waals surface area contributed by atoms with Gasteiger partial charge in [-0.25, -0.2) is 9.67 Å². The molecule has 0 spiro atoms. The van der Waals surface area contributed by atoms with Gasteiger partial charge in [0.25, 0.3) is 0 Å². The van der Waals surface area contributed by atoms with Gasteiger partial charge < -0.3 is 15.4 Å². The number of aryl methyl sites for hydroxylation is 1. The molecule has 0 radical (unpaired) electrons. The van der Waals surface area contributed by atoms with Gasteiger partial charge in [-0.1, -0.05) is 0 Å². The van der Waals surface area contributed by atoms with Gasteiger partial charge in [-0.05, 0) is 31.9 Å². The SMILES string of the molecule is C=Nc1c2/c(=N\C)n([C@H]3CC[C@@H](CO)C3)cc-2c(N)nn1C. The number of rotatable bonds is 3. The van der Waals surface area contributed by atoms with Crippen LogP contribution in [0, 0.1) is 5.92 Å². The van der Waals surface area contributed by atoms with E-state index in [1.807, 2.05) is 6.20 Å². The zero-order chi connectivity index (χ0) is 15.9. The summed E-state index contributed by atoms with van der Waals surface area (Å²) in [5, 5.41) is 13.7. The molecule has 2 aliphatic heterocycles. The molecule has 2 atom stereocenters. The molecular weight excluding hydrogens is 280 g/mol. The number of aliphatic imine (C=N–C) groups is 1. The highest BCUT2D eigenvalue weighted by molar-refractivity contribution is 5.82. The maximum absolute atomic E-state index is 9.37. The second-order valence-electron chi connectivity index (χ2n) is 5.88. The van der Waals surface area contributed by atoms with Crippen molar-refractivity contribution in [3.63, 3.8) is 0 Å². The maximum Gasteiger partial charge on any atom is 0.159 e. The number of aromatic nitrogens is 3. The fourth-order valence-electron chi connectivity index (χ4n) is 3.51. The highest BCUT2D eigenvalue weighted by Gasteiger charge is 2.29. The standard InChI is InChI=1S/C15H22N6O/c1-17-14-12-11(13(16)19-20(14)3)7-21(15(12)18-2)10-5-4-9(6-10)8-22/h7,9-10,22H,1,4-6,8H2,2-3H3,(H2,16,19)/b18-15+/t9-,10+/m1/s1. The van der Waals surface area contributed by atoms with Gasteiger partial charge in [-0.15, -0.1) is 0 Å². The fraction of sp³-hybridized carbons (Fsp3) is 0.533. The molecule has 0 aromatic heterocycles. The zero-order valence-electron chi connectivity index (χ0n) is 13.0. The van der Waals surface area contributed by atoms with Crippen molar-refractivity contribution in [3.8, 4) is 11.1 Å². The van der Waals surface area contributed by atoms with E-state index in [0.717, 1.165) is 35.9 Å². The van der Waals surface area contributed by atoms with Crippen LogP contribution < -0.4 is 11.2 Å². The summed E-state index contributed by atoms with van der Waals surface area (Å²) in [7, 11) is 3.57. The first-order valence-corrected chi connectivity index (χ1v) is 7.48. The van der Waals surface area contributed by atoms with Gasteiger partial charge in [0.05, 0.1) is 5.56 Å². The molecule has 7 heteroatoms. The first-order valence-electron chi connectivity index (χ1n) is 7.48. The number of aliphatic hydroxyl groups excluding tert-OH is 1. The molecule has 22 heavy (non-hydrogen) atoms. The highest BCUT2D eigenvalue weighted by atomic mass is 16.3. The minimum absolute atomic E-state index is 0.244. The molecule has 0 aromatic carbocycles. The normalized spacial score (nSPS) is 22.6. The molecule has 2 heterocycles. The van der Waals surface area contributed by atoms with Crippen LogP contribution in [0.2, 0.25) is 0 Å². The van der Waals surface area contributed by atoms with E-state index in [2.05, 4.69) is 26.4 Å². The summed E-state index contributed by atoms with van der Waals surface area (Å²) in [5.41, 5.74) is 8.68. The van der Waals surface area contributed by atoms with E-state index in [4.69, 9.17) is 5.73 Å². The third-order valence-corrected chi connectivity index (χ3v) is 4.60. The van der Waals surface area contributed by atoms with E-state index in [9.17, 15) is 5.11 Å². The Labute approximate surface area is 129 Å². The van der Waals surface area contributed by atoms with Gasteiger partial charge in [0.2, 0.25) is 0 Å². The summed E-state index contributed by atoms with van der Waals surface area (Å²) in [6.45, 7) is 3.89. The van der Waals surface area contributed by atoms with Crippen molar-refractivity contribution in [2.45, 2.75) is 25.3 Å². The lowest BCUT2D eigenvalue weighted by atomic mass is 10.1. The summed E-state index contributed by atoms with van der Waals surface area (Å²) >= 11 is 0. The predicted octanol–water partition coefficient (Wildman–Crippen LogP) is 1.10. The van der Waals surface area contributed by atoms with Crippen LogP contribution >= 0.6 is 0 Å². The highest BCUT2D eigenvalue weighted by Crippen LogP contribution is 2.38. The maximum atomic E-state index is 9.37. The second-order valence-corrected chi connectivity index (χ2v) is 5.88. The van der Waals surface area contributed by atoms with Crippen LogP contribution in [-0.2, 0) is 7.05 Å². The van der Waals surface area contributed by atoms with E-state index < -0.39 is 0 Å². The lowest BCUT2D eigenvalue weighted by Gasteiger charge is -2.12. The van der Waals surface area contributed by atoms with Crippen LogP contribution in [0.5, 0.6) is 0 Å². The van der Waals surface area contributed by atoms with Gasteiger partial charge in [0.1, 0.15) is 5.49 Å². The third kappa shape index (κ3) is 2.12. The molecule has 0 saturated heterocycles. The van der Waals surface area contributed by atoms with Crippen LogP contribution in [0.4, 0.5) is 11.6 Å². The van der Waals surface area contributed by atoms with Crippen molar-refractivity contribution < 1.29 is 5.11 Å². The molecule has 1 aliphatic carbocycles. The fourth-order valence-corrected chi connectivity index (χ4v) is 3.51. The van der Waals surface area contributed by atoms with Crippen molar-refractivity contribution in [1.82, 2.24) is 14.3 Å². The Hall–Kier alpha value is -2.15. The summed E-state index contributed by atoms with van der Waals surface area (Å²) in [6.07, 6.45) is 5.04. The van der Waals surface area contributed by atoms with Crippen LogP contribution in [0.3, 0.4) is 0 Å². The molecule has 1 saturated carbocycles. The van der Waals surface area contributed by atoms with E-state index in [1.165, 1.54) is 0 Å². The van der Waals surface area contributed by atoms with E-state index in [1.54, 1.807) is 18.8 Å². The van der Waals surface area contributed by atoms with Crippen molar-refractivity contribution in [2.75, 3.05) is 19.4 Å². The Morgan fingerprint density at radius 3 is 2.86 bits per heavy atom. The molecule has 3 rings (SSSR count). The van der Waals surface area contributed by atoms with E-state index in [-0.39, 0.29) is 6.61 Å². The predicted molar refractivity (Wildman–Crippen MR) is 86.4 cm³/mol. The molecule has 0 amide bonds. The van der Waals surface area contributed by atoms with Gasteiger partial charge in [-0.3, -0.25) is 4.99 Å².